The zero-order valence-corrected chi connectivity index (χ0v) is 5.43. The molecule has 0 bridgehead atoms. The SMILES string of the molecule is N[C@@H](C(F)(F)F)P(=O)(O)O. The maximum absolute atomic E-state index is 11.3. The monoisotopic (exact) mass is 179 g/mol. The van der Waals surface area contributed by atoms with Crippen LogP contribution in [0.25, 0.3) is 0 Å². The van der Waals surface area contributed by atoms with Gasteiger partial charge in [-0.3, -0.25) is 4.57 Å². The van der Waals surface area contributed by atoms with E-state index in [9.17, 15) is 17.7 Å². The fourth-order valence-corrected chi connectivity index (χ4v) is 0.572. The third kappa shape index (κ3) is 2.66. The molecule has 0 fully saturated rings. The van der Waals surface area contributed by atoms with E-state index in [0.29, 0.717) is 0 Å². The van der Waals surface area contributed by atoms with Gasteiger partial charge in [0.25, 0.3) is 0 Å². The summed E-state index contributed by atoms with van der Waals surface area (Å²) in [4.78, 5) is 15.8. The average Bonchev–Trinajstić information content (AvgIpc) is 1.59. The van der Waals surface area contributed by atoms with Gasteiger partial charge in [-0.1, -0.05) is 0 Å². The quantitative estimate of drug-likeness (QED) is 0.495. The lowest BCUT2D eigenvalue weighted by Gasteiger charge is -2.15. The Labute approximate surface area is 54.0 Å². The maximum atomic E-state index is 11.3. The summed E-state index contributed by atoms with van der Waals surface area (Å²) in [6.45, 7) is 0. The Balaban J connectivity index is 4.39. The lowest BCUT2D eigenvalue weighted by atomic mass is 10.7. The largest absolute Gasteiger partial charge is 0.415 e. The highest BCUT2D eigenvalue weighted by Crippen LogP contribution is 2.45. The van der Waals surface area contributed by atoms with Gasteiger partial charge in [0, 0.05) is 0 Å². The van der Waals surface area contributed by atoms with Gasteiger partial charge in [-0.25, -0.2) is 0 Å². The lowest BCUT2D eigenvalue weighted by molar-refractivity contribution is -0.132. The van der Waals surface area contributed by atoms with E-state index < -0.39 is 19.6 Å². The van der Waals surface area contributed by atoms with Gasteiger partial charge in [0.15, 0.2) is 0 Å². The molecule has 0 spiro atoms. The van der Waals surface area contributed by atoms with Crippen molar-refractivity contribution in [1.29, 1.82) is 0 Å². The molecule has 1 atom stereocenters. The molecule has 0 aromatic rings. The molecule has 0 saturated carbocycles. The highest BCUT2D eigenvalue weighted by atomic mass is 31.2. The normalized spacial score (nSPS) is 17.0. The Morgan fingerprint density at radius 1 is 1.40 bits per heavy atom. The third-order valence-corrected chi connectivity index (χ3v) is 1.72. The molecule has 4 nitrogen and oxygen atoms in total. The molecule has 0 saturated heterocycles. The van der Waals surface area contributed by atoms with Gasteiger partial charge in [-0.15, -0.1) is 0 Å². The predicted molar refractivity (Wildman–Crippen MR) is 26.1 cm³/mol. The molecule has 4 N–H and O–H groups in total. The van der Waals surface area contributed by atoms with Crippen molar-refractivity contribution in [2.75, 3.05) is 0 Å². The summed E-state index contributed by atoms with van der Waals surface area (Å²) in [6.07, 6.45) is -5.04. The van der Waals surface area contributed by atoms with Crippen LogP contribution in [0.4, 0.5) is 13.2 Å². The Hall–Kier alpha value is -0.100. The Morgan fingerprint density at radius 3 is 1.70 bits per heavy atom. The fraction of sp³-hybridized carbons (Fsp3) is 1.00. The van der Waals surface area contributed by atoms with Crippen molar-refractivity contribution in [2.45, 2.75) is 12.0 Å². The van der Waals surface area contributed by atoms with E-state index in [0.717, 1.165) is 0 Å². The number of hydrogen-bond acceptors (Lipinski definition) is 2. The van der Waals surface area contributed by atoms with Crippen LogP contribution in [0.2, 0.25) is 0 Å². The van der Waals surface area contributed by atoms with Crippen molar-refractivity contribution in [3.63, 3.8) is 0 Å². The first kappa shape index (κ1) is 9.90. The number of hydrogen-bond donors (Lipinski definition) is 3. The average molecular weight is 179 g/mol. The molecule has 0 unspecified atom stereocenters. The van der Waals surface area contributed by atoms with Crippen LogP contribution in [0.15, 0.2) is 0 Å². The van der Waals surface area contributed by atoms with E-state index in [-0.39, 0.29) is 0 Å². The molecular formula is C2H5F3NO3P. The fourth-order valence-electron chi connectivity index (χ4n) is 0.191. The smallest absolute Gasteiger partial charge is 0.323 e. The molecule has 0 radical (unpaired) electrons. The van der Waals surface area contributed by atoms with Gasteiger partial charge in [0.05, 0.1) is 0 Å². The van der Waals surface area contributed by atoms with Crippen molar-refractivity contribution in [1.82, 2.24) is 0 Å². The molecule has 0 aliphatic carbocycles. The van der Waals surface area contributed by atoms with E-state index in [1.807, 2.05) is 0 Å². The summed E-state index contributed by atoms with van der Waals surface area (Å²) >= 11 is 0. The second-order valence-corrected chi connectivity index (χ2v) is 3.31. The first-order chi connectivity index (χ1) is 4.15. The van der Waals surface area contributed by atoms with Crippen molar-refractivity contribution < 1.29 is 27.5 Å². The van der Waals surface area contributed by atoms with Gasteiger partial charge >= 0.3 is 13.8 Å². The summed E-state index contributed by atoms with van der Waals surface area (Å²) in [7, 11) is -5.23. The second-order valence-electron chi connectivity index (χ2n) is 1.58. The molecule has 0 aliphatic rings. The number of nitrogens with two attached hydrogens (primary N) is 1. The maximum Gasteiger partial charge on any atom is 0.415 e. The van der Waals surface area contributed by atoms with Gasteiger partial charge in [-0.2, -0.15) is 13.2 Å². The van der Waals surface area contributed by atoms with Crippen LogP contribution in [0.1, 0.15) is 0 Å². The van der Waals surface area contributed by atoms with Crippen LogP contribution in [0, 0.1) is 0 Å². The van der Waals surface area contributed by atoms with Crippen LogP contribution in [-0.2, 0) is 4.57 Å². The standard InChI is InChI=1S/C2H5F3NO3P/c3-2(4,5)1(6)10(7,8)9/h1H,6H2,(H2,7,8,9)/t1-/m1/s1. The molecule has 8 heteroatoms. The van der Waals surface area contributed by atoms with E-state index >= 15 is 0 Å². The minimum absolute atomic E-state index is 3.07. The van der Waals surface area contributed by atoms with Crippen LogP contribution >= 0.6 is 7.60 Å². The molecule has 0 aromatic heterocycles. The first-order valence-corrected chi connectivity index (χ1v) is 3.71. The Morgan fingerprint density at radius 2 is 1.70 bits per heavy atom. The van der Waals surface area contributed by atoms with Crippen LogP contribution in [-0.4, -0.2) is 21.7 Å². The molecule has 0 rings (SSSR count). The van der Waals surface area contributed by atoms with Gasteiger partial charge < -0.3 is 15.5 Å². The summed E-state index contributed by atoms with van der Waals surface area (Å²) in [6, 6.07) is 0. The van der Waals surface area contributed by atoms with Crippen molar-refractivity contribution in [2.24, 2.45) is 5.73 Å². The Kier molecular flexibility index (Phi) is 2.48. The molecule has 62 valence electrons. The summed E-state index contributed by atoms with van der Waals surface area (Å²) in [5, 5.41) is 0. The summed E-state index contributed by atoms with van der Waals surface area (Å²) in [5.41, 5.74) is 4.14. The predicted octanol–water partition coefficient (Wildman–Crippen LogP) is 0.0112. The summed E-state index contributed by atoms with van der Waals surface area (Å²) in [5.74, 6) is -3.07. The van der Waals surface area contributed by atoms with Crippen molar-refractivity contribution in [3.05, 3.63) is 0 Å². The minimum Gasteiger partial charge on any atom is -0.323 e. The van der Waals surface area contributed by atoms with Gasteiger partial charge in [-0.05, 0) is 0 Å². The van der Waals surface area contributed by atoms with Crippen LogP contribution in [0.3, 0.4) is 0 Å². The van der Waals surface area contributed by atoms with Crippen molar-refractivity contribution in [3.8, 4) is 0 Å². The summed E-state index contributed by atoms with van der Waals surface area (Å²) < 4.78 is 43.8. The second kappa shape index (κ2) is 2.50. The highest BCUT2D eigenvalue weighted by molar-refractivity contribution is 7.52. The van der Waals surface area contributed by atoms with Crippen LogP contribution < -0.4 is 5.73 Å². The Bertz CT molecular complexity index is 162. The minimum atomic E-state index is -5.23. The van der Waals surface area contributed by atoms with E-state index in [2.05, 4.69) is 5.73 Å². The van der Waals surface area contributed by atoms with Gasteiger partial charge in [0.1, 0.15) is 0 Å². The highest BCUT2D eigenvalue weighted by Gasteiger charge is 2.47. The van der Waals surface area contributed by atoms with E-state index in [1.54, 1.807) is 0 Å². The third-order valence-electron chi connectivity index (χ3n) is 0.698. The molecule has 0 heterocycles. The zero-order chi connectivity index (χ0) is 8.58. The first-order valence-electron chi connectivity index (χ1n) is 2.03. The van der Waals surface area contributed by atoms with E-state index in [1.165, 1.54) is 0 Å². The molecule has 0 amide bonds. The van der Waals surface area contributed by atoms with Crippen LogP contribution in [0.5, 0.6) is 0 Å². The van der Waals surface area contributed by atoms with E-state index in [4.69, 9.17) is 9.79 Å². The molecular weight excluding hydrogens is 174 g/mol. The number of alkyl halides is 3. The molecule has 10 heavy (non-hydrogen) atoms. The lowest BCUT2D eigenvalue weighted by Crippen LogP contribution is -2.36. The molecule has 0 aromatic carbocycles. The zero-order valence-electron chi connectivity index (χ0n) is 4.54. The number of rotatable bonds is 1. The topological polar surface area (TPSA) is 83.6 Å². The van der Waals surface area contributed by atoms with Crippen molar-refractivity contribution >= 4 is 7.60 Å². The number of halogens is 3. The van der Waals surface area contributed by atoms with Gasteiger partial charge in [0.2, 0.25) is 5.78 Å². The molecule has 0 aliphatic heterocycles.